The Hall–Kier alpha value is -1.22. The Balaban J connectivity index is 2.19. The maximum absolute atomic E-state index is 6.02. The Morgan fingerprint density at radius 2 is 2.12 bits per heavy atom. The van der Waals surface area contributed by atoms with Crippen LogP contribution in [-0.2, 0) is 0 Å². The number of amidine groups is 1. The van der Waals surface area contributed by atoms with Gasteiger partial charge in [0, 0.05) is 12.0 Å². The Kier molecular flexibility index (Phi) is 3.89. The molecule has 2 rings (SSSR count). The van der Waals surface area contributed by atoms with Crippen LogP contribution in [0.4, 0.5) is 5.69 Å². The maximum Gasteiger partial charge on any atom is 0.139 e. The molecule has 2 N–H and O–H groups in total. The number of hydrogen-bond acceptors (Lipinski definition) is 2. The molecule has 1 aliphatic rings. The number of methoxy groups -OCH3 is 1. The van der Waals surface area contributed by atoms with Gasteiger partial charge in [-0.05, 0) is 25.0 Å². The van der Waals surface area contributed by atoms with Crippen molar-refractivity contribution in [2.75, 3.05) is 7.11 Å². The summed E-state index contributed by atoms with van der Waals surface area (Å²) in [5, 5.41) is 0.589. The second-order valence-corrected chi connectivity index (χ2v) is 4.74. The second-order valence-electron chi connectivity index (χ2n) is 4.34. The number of aliphatic imine (C=N–C) groups is 1. The topological polar surface area (TPSA) is 47.6 Å². The summed E-state index contributed by atoms with van der Waals surface area (Å²) in [5.41, 5.74) is 6.82. The summed E-state index contributed by atoms with van der Waals surface area (Å²) in [6.07, 6.45) is 4.82. The highest BCUT2D eigenvalue weighted by molar-refractivity contribution is 6.32. The first-order chi connectivity index (χ1) is 8.20. The van der Waals surface area contributed by atoms with Crippen molar-refractivity contribution >= 4 is 23.1 Å². The van der Waals surface area contributed by atoms with Gasteiger partial charge >= 0.3 is 0 Å². The van der Waals surface area contributed by atoms with Crippen LogP contribution in [-0.4, -0.2) is 12.9 Å². The third-order valence-corrected chi connectivity index (χ3v) is 3.48. The van der Waals surface area contributed by atoms with E-state index in [2.05, 4.69) is 4.99 Å². The van der Waals surface area contributed by atoms with Crippen molar-refractivity contribution < 1.29 is 4.74 Å². The van der Waals surface area contributed by atoms with Crippen molar-refractivity contribution in [2.24, 2.45) is 16.6 Å². The lowest BCUT2D eigenvalue weighted by molar-refractivity contribution is 0.415. The van der Waals surface area contributed by atoms with Crippen molar-refractivity contribution in [3.05, 3.63) is 23.2 Å². The SMILES string of the molecule is COc1cc(N=C(N)C2CCCC2)ccc1Cl. The number of nitrogens with zero attached hydrogens (tertiary/aromatic N) is 1. The molecule has 1 aromatic carbocycles. The fourth-order valence-electron chi connectivity index (χ4n) is 2.18. The highest BCUT2D eigenvalue weighted by Gasteiger charge is 2.18. The molecule has 0 bridgehead atoms. The van der Waals surface area contributed by atoms with Crippen LogP contribution < -0.4 is 10.5 Å². The molecule has 0 aromatic heterocycles. The molecule has 0 atom stereocenters. The molecule has 0 aliphatic heterocycles. The molecular weight excluding hydrogens is 236 g/mol. The van der Waals surface area contributed by atoms with Crippen LogP contribution in [0.25, 0.3) is 0 Å². The van der Waals surface area contributed by atoms with E-state index in [0.717, 1.165) is 24.4 Å². The average Bonchev–Trinajstić information content (AvgIpc) is 2.85. The van der Waals surface area contributed by atoms with E-state index >= 15 is 0 Å². The summed E-state index contributed by atoms with van der Waals surface area (Å²) >= 11 is 5.96. The molecule has 0 heterocycles. The van der Waals surface area contributed by atoms with Gasteiger partial charge < -0.3 is 10.5 Å². The van der Waals surface area contributed by atoms with E-state index in [1.165, 1.54) is 12.8 Å². The third kappa shape index (κ3) is 2.91. The Morgan fingerprint density at radius 1 is 1.41 bits per heavy atom. The Labute approximate surface area is 107 Å². The van der Waals surface area contributed by atoms with Gasteiger partial charge in [-0.1, -0.05) is 24.4 Å². The first-order valence-corrected chi connectivity index (χ1v) is 6.26. The zero-order valence-corrected chi connectivity index (χ0v) is 10.7. The largest absolute Gasteiger partial charge is 0.495 e. The molecule has 92 valence electrons. The number of ether oxygens (including phenoxy) is 1. The first kappa shape index (κ1) is 12.2. The monoisotopic (exact) mass is 252 g/mol. The van der Waals surface area contributed by atoms with Gasteiger partial charge in [-0.15, -0.1) is 0 Å². The molecule has 0 radical (unpaired) electrons. The number of rotatable bonds is 3. The van der Waals surface area contributed by atoms with E-state index in [4.69, 9.17) is 22.1 Å². The summed E-state index contributed by atoms with van der Waals surface area (Å²) in [6.45, 7) is 0. The molecule has 1 fully saturated rings. The molecule has 0 unspecified atom stereocenters. The molecule has 1 saturated carbocycles. The second kappa shape index (κ2) is 5.41. The summed E-state index contributed by atoms with van der Waals surface area (Å²) in [5.74, 6) is 1.80. The minimum absolute atomic E-state index is 0.441. The zero-order valence-electron chi connectivity index (χ0n) is 9.95. The third-order valence-electron chi connectivity index (χ3n) is 3.17. The van der Waals surface area contributed by atoms with Crippen LogP contribution in [0.15, 0.2) is 23.2 Å². The quantitative estimate of drug-likeness (QED) is 0.661. The number of hydrogen-bond donors (Lipinski definition) is 1. The smallest absolute Gasteiger partial charge is 0.139 e. The lowest BCUT2D eigenvalue weighted by Crippen LogP contribution is -2.20. The van der Waals surface area contributed by atoms with Gasteiger partial charge in [0.05, 0.1) is 17.8 Å². The highest BCUT2D eigenvalue weighted by Crippen LogP contribution is 2.30. The highest BCUT2D eigenvalue weighted by atomic mass is 35.5. The summed E-state index contributed by atoms with van der Waals surface area (Å²) in [6, 6.07) is 5.44. The van der Waals surface area contributed by atoms with E-state index < -0.39 is 0 Å². The fraction of sp³-hybridized carbons (Fsp3) is 0.462. The fourth-order valence-corrected chi connectivity index (χ4v) is 2.37. The molecule has 1 aliphatic carbocycles. The lowest BCUT2D eigenvalue weighted by Gasteiger charge is -2.09. The molecule has 1 aromatic rings. The van der Waals surface area contributed by atoms with Gasteiger partial charge in [-0.3, -0.25) is 0 Å². The number of nitrogens with two attached hydrogens (primary N) is 1. The van der Waals surface area contributed by atoms with Crippen molar-refractivity contribution in [1.82, 2.24) is 0 Å². The van der Waals surface area contributed by atoms with Gasteiger partial charge in [0.25, 0.3) is 0 Å². The minimum Gasteiger partial charge on any atom is -0.495 e. The van der Waals surface area contributed by atoms with Crippen LogP contribution >= 0.6 is 11.6 Å². The van der Waals surface area contributed by atoms with Gasteiger partial charge in [-0.25, -0.2) is 4.99 Å². The molecule has 4 heteroatoms. The first-order valence-electron chi connectivity index (χ1n) is 5.88. The number of benzene rings is 1. The predicted molar refractivity (Wildman–Crippen MR) is 71.2 cm³/mol. The van der Waals surface area contributed by atoms with Crippen LogP contribution in [0.5, 0.6) is 5.75 Å². The predicted octanol–water partition coefficient (Wildman–Crippen LogP) is 3.53. The molecule has 0 saturated heterocycles. The lowest BCUT2D eigenvalue weighted by atomic mass is 10.1. The molecule has 3 nitrogen and oxygen atoms in total. The van der Waals surface area contributed by atoms with Crippen LogP contribution in [0, 0.1) is 5.92 Å². The van der Waals surface area contributed by atoms with Crippen molar-refractivity contribution in [3.63, 3.8) is 0 Å². The summed E-state index contributed by atoms with van der Waals surface area (Å²) in [7, 11) is 1.59. The van der Waals surface area contributed by atoms with Crippen molar-refractivity contribution in [1.29, 1.82) is 0 Å². The van der Waals surface area contributed by atoms with Gasteiger partial charge in [0.1, 0.15) is 11.6 Å². The zero-order chi connectivity index (χ0) is 12.3. The van der Waals surface area contributed by atoms with Crippen molar-refractivity contribution in [2.45, 2.75) is 25.7 Å². The number of halogens is 1. The van der Waals surface area contributed by atoms with E-state index in [1.807, 2.05) is 12.1 Å². The van der Waals surface area contributed by atoms with Crippen molar-refractivity contribution in [3.8, 4) is 5.75 Å². The molecule has 0 spiro atoms. The molecule has 0 amide bonds. The van der Waals surface area contributed by atoms with Gasteiger partial charge in [-0.2, -0.15) is 0 Å². The summed E-state index contributed by atoms with van der Waals surface area (Å²) < 4.78 is 5.15. The van der Waals surface area contributed by atoms with Gasteiger partial charge in [0.15, 0.2) is 0 Å². The van der Waals surface area contributed by atoms with E-state index in [1.54, 1.807) is 13.2 Å². The van der Waals surface area contributed by atoms with Crippen LogP contribution in [0.1, 0.15) is 25.7 Å². The van der Waals surface area contributed by atoms with Gasteiger partial charge in [0.2, 0.25) is 0 Å². The summed E-state index contributed by atoms with van der Waals surface area (Å²) in [4.78, 5) is 4.45. The van der Waals surface area contributed by atoms with E-state index in [0.29, 0.717) is 16.7 Å². The van der Waals surface area contributed by atoms with Crippen LogP contribution in [0.3, 0.4) is 0 Å². The standard InChI is InChI=1S/C13H17ClN2O/c1-17-12-8-10(6-7-11(12)14)16-13(15)9-4-2-3-5-9/h6-9H,2-5H2,1H3,(H2,15,16). The Bertz CT molecular complexity index is 425. The van der Waals surface area contributed by atoms with Crippen LogP contribution in [0.2, 0.25) is 5.02 Å². The average molecular weight is 253 g/mol. The maximum atomic E-state index is 6.02. The van der Waals surface area contributed by atoms with E-state index in [9.17, 15) is 0 Å². The minimum atomic E-state index is 0.441. The van der Waals surface area contributed by atoms with E-state index in [-0.39, 0.29) is 0 Å². The molecular formula is C13H17ClN2O. The normalized spacial score (nSPS) is 17.4. The Morgan fingerprint density at radius 3 is 2.76 bits per heavy atom. The molecule has 17 heavy (non-hydrogen) atoms.